The average molecular weight is 424 g/mol. The molecule has 0 aliphatic rings. The molecule has 0 saturated heterocycles. The zero-order valence-corrected chi connectivity index (χ0v) is 19.3. The first-order chi connectivity index (χ1) is 14.3. The third-order valence-electron chi connectivity index (χ3n) is 5.14. The van der Waals surface area contributed by atoms with E-state index in [9.17, 15) is 4.79 Å². The number of carbonyl (C=O) groups is 1. The number of aryl methyl sites for hydroxylation is 2. The van der Waals surface area contributed by atoms with Crippen molar-refractivity contribution in [2.24, 2.45) is 0 Å². The lowest BCUT2D eigenvalue weighted by molar-refractivity contribution is 0.0946. The Bertz CT molecular complexity index is 1040. The summed E-state index contributed by atoms with van der Waals surface area (Å²) in [7, 11) is 0. The van der Waals surface area contributed by atoms with Gasteiger partial charge in [0, 0.05) is 23.7 Å². The quantitative estimate of drug-likeness (QED) is 0.450. The number of amides is 1. The lowest BCUT2D eigenvalue weighted by Crippen LogP contribution is -2.26. The van der Waals surface area contributed by atoms with E-state index in [4.69, 9.17) is 0 Å². The number of nitrogens with zero attached hydrogens (tertiary/aromatic N) is 4. The van der Waals surface area contributed by atoms with Crippen LogP contribution in [0.3, 0.4) is 0 Å². The maximum Gasteiger partial charge on any atom is 0.256 e. The van der Waals surface area contributed by atoms with Gasteiger partial charge in [0.2, 0.25) is 0 Å². The largest absolute Gasteiger partial charge is 0.348 e. The van der Waals surface area contributed by atoms with Gasteiger partial charge in [-0.25, -0.2) is 9.97 Å². The van der Waals surface area contributed by atoms with E-state index in [1.807, 2.05) is 49.9 Å². The minimum Gasteiger partial charge on any atom is -0.348 e. The maximum atomic E-state index is 13.0. The Labute approximate surface area is 182 Å². The fraction of sp³-hybridized carbons (Fsp3) is 0.391. The van der Waals surface area contributed by atoms with Gasteiger partial charge < -0.3 is 5.32 Å². The van der Waals surface area contributed by atoms with E-state index in [1.54, 1.807) is 0 Å². The van der Waals surface area contributed by atoms with Gasteiger partial charge in [0.1, 0.15) is 10.9 Å². The van der Waals surface area contributed by atoms with Crippen LogP contribution in [0.4, 0.5) is 0 Å². The first-order valence-corrected chi connectivity index (χ1v) is 11.3. The van der Waals surface area contributed by atoms with Crippen molar-refractivity contribution in [3.63, 3.8) is 0 Å². The molecule has 1 N–H and O–H groups in total. The highest BCUT2D eigenvalue weighted by molar-refractivity contribution is 7.98. The Kier molecular flexibility index (Phi) is 6.92. The van der Waals surface area contributed by atoms with Crippen LogP contribution in [0.25, 0.3) is 0 Å². The van der Waals surface area contributed by atoms with Gasteiger partial charge in [-0.15, -0.1) is 11.8 Å². The van der Waals surface area contributed by atoms with E-state index in [0.717, 1.165) is 27.8 Å². The van der Waals surface area contributed by atoms with Crippen molar-refractivity contribution < 1.29 is 4.79 Å². The molecular weight excluding hydrogens is 394 g/mol. The molecule has 2 heterocycles. The van der Waals surface area contributed by atoms with Crippen LogP contribution in [-0.4, -0.2) is 31.9 Å². The fourth-order valence-corrected chi connectivity index (χ4v) is 4.02. The molecule has 7 heteroatoms. The Hall–Kier alpha value is -2.67. The second-order valence-corrected chi connectivity index (χ2v) is 8.48. The summed E-state index contributed by atoms with van der Waals surface area (Å²) in [5.74, 6) is 0.830. The van der Waals surface area contributed by atoms with E-state index in [0.29, 0.717) is 24.3 Å². The van der Waals surface area contributed by atoms with Crippen molar-refractivity contribution in [1.82, 2.24) is 25.1 Å². The normalized spacial score (nSPS) is 11.2. The molecule has 0 fully saturated rings. The Morgan fingerprint density at radius 3 is 2.43 bits per heavy atom. The van der Waals surface area contributed by atoms with Crippen LogP contribution < -0.4 is 5.32 Å². The van der Waals surface area contributed by atoms with Crippen molar-refractivity contribution in [2.45, 2.75) is 58.7 Å². The number of nitrogens with one attached hydrogen (secondary N) is 1. The van der Waals surface area contributed by atoms with E-state index in [2.05, 4.69) is 46.4 Å². The minimum atomic E-state index is -0.151. The summed E-state index contributed by atoms with van der Waals surface area (Å²) in [6, 6.07) is 10.2. The second kappa shape index (κ2) is 9.43. The molecule has 0 radical (unpaired) electrons. The van der Waals surface area contributed by atoms with Gasteiger partial charge >= 0.3 is 0 Å². The van der Waals surface area contributed by atoms with Crippen LogP contribution in [0.2, 0.25) is 0 Å². The third kappa shape index (κ3) is 4.73. The number of thioether (sulfide) groups is 1. The van der Waals surface area contributed by atoms with Crippen molar-refractivity contribution in [2.75, 3.05) is 6.26 Å². The van der Waals surface area contributed by atoms with Gasteiger partial charge in [0.05, 0.1) is 23.5 Å². The number of hydrogen-bond donors (Lipinski definition) is 1. The van der Waals surface area contributed by atoms with Gasteiger partial charge in [0.25, 0.3) is 5.91 Å². The third-order valence-corrected chi connectivity index (χ3v) is 5.83. The number of hydrogen-bond acceptors (Lipinski definition) is 5. The molecule has 0 bridgehead atoms. The standard InChI is InChI=1S/C23H29N5OS/c1-14(2)21-25-16(4)20(23(26-21)30-6)22(29)24-12-19-15(3)27-28(17(19)5)13-18-10-8-7-9-11-18/h7-11,14H,12-13H2,1-6H3,(H,24,29). The van der Waals surface area contributed by atoms with Crippen LogP contribution in [0, 0.1) is 20.8 Å². The number of carbonyl (C=O) groups excluding carboxylic acids is 1. The zero-order chi connectivity index (χ0) is 21.8. The molecule has 1 aromatic carbocycles. The van der Waals surface area contributed by atoms with Gasteiger partial charge in [-0.1, -0.05) is 44.2 Å². The lowest BCUT2D eigenvalue weighted by atomic mass is 10.1. The Morgan fingerprint density at radius 1 is 1.10 bits per heavy atom. The van der Waals surface area contributed by atoms with Crippen LogP contribution in [0.15, 0.2) is 35.4 Å². The lowest BCUT2D eigenvalue weighted by Gasteiger charge is -2.14. The van der Waals surface area contributed by atoms with Crippen LogP contribution in [0.1, 0.15) is 64.2 Å². The smallest absolute Gasteiger partial charge is 0.256 e. The molecule has 6 nitrogen and oxygen atoms in total. The molecule has 0 saturated carbocycles. The number of benzene rings is 1. The highest BCUT2D eigenvalue weighted by atomic mass is 32.2. The second-order valence-electron chi connectivity index (χ2n) is 7.68. The molecule has 158 valence electrons. The van der Waals surface area contributed by atoms with E-state index >= 15 is 0 Å². The molecule has 0 spiro atoms. The number of aromatic nitrogens is 4. The highest BCUT2D eigenvalue weighted by Crippen LogP contribution is 2.23. The molecule has 0 aliphatic heterocycles. The monoisotopic (exact) mass is 423 g/mol. The summed E-state index contributed by atoms with van der Waals surface area (Å²) < 4.78 is 1.99. The first-order valence-electron chi connectivity index (χ1n) is 10.1. The Morgan fingerprint density at radius 2 is 1.80 bits per heavy atom. The molecule has 3 rings (SSSR count). The average Bonchev–Trinajstić information content (AvgIpc) is 2.98. The zero-order valence-electron chi connectivity index (χ0n) is 18.5. The fourth-order valence-electron chi connectivity index (χ4n) is 3.39. The van der Waals surface area contributed by atoms with E-state index < -0.39 is 0 Å². The molecule has 0 unspecified atom stereocenters. The molecule has 1 amide bonds. The van der Waals surface area contributed by atoms with Crippen LogP contribution in [0.5, 0.6) is 0 Å². The molecular formula is C23H29N5OS. The molecule has 3 aromatic rings. The Balaban J connectivity index is 1.78. The van der Waals surface area contributed by atoms with Gasteiger partial charge in [-0.2, -0.15) is 5.10 Å². The molecule has 0 atom stereocenters. The summed E-state index contributed by atoms with van der Waals surface area (Å²) in [5.41, 5.74) is 5.49. The summed E-state index contributed by atoms with van der Waals surface area (Å²) in [6.07, 6.45) is 1.94. The summed E-state index contributed by atoms with van der Waals surface area (Å²) in [4.78, 5) is 22.1. The van der Waals surface area contributed by atoms with Crippen LogP contribution in [-0.2, 0) is 13.1 Å². The van der Waals surface area contributed by atoms with Crippen molar-refractivity contribution in [3.8, 4) is 0 Å². The summed E-state index contributed by atoms with van der Waals surface area (Å²) in [5, 5.41) is 8.45. The molecule has 0 aliphatic carbocycles. The van der Waals surface area contributed by atoms with Crippen molar-refractivity contribution in [3.05, 3.63) is 69.9 Å². The predicted octanol–water partition coefficient (Wildman–Crippen LogP) is 4.42. The van der Waals surface area contributed by atoms with E-state index in [-0.39, 0.29) is 11.8 Å². The predicted molar refractivity (Wildman–Crippen MR) is 121 cm³/mol. The summed E-state index contributed by atoms with van der Waals surface area (Å²) in [6.45, 7) is 11.1. The van der Waals surface area contributed by atoms with Crippen molar-refractivity contribution >= 4 is 17.7 Å². The minimum absolute atomic E-state index is 0.151. The van der Waals surface area contributed by atoms with Gasteiger partial charge in [-0.3, -0.25) is 9.48 Å². The maximum absolute atomic E-state index is 13.0. The van der Waals surface area contributed by atoms with Gasteiger partial charge in [-0.05, 0) is 32.6 Å². The molecule has 30 heavy (non-hydrogen) atoms. The highest BCUT2D eigenvalue weighted by Gasteiger charge is 2.20. The first kappa shape index (κ1) is 22.0. The van der Waals surface area contributed by atoms with E-state index in [1.165, 1.54) is 17.3 Å². The van der Waals surface area contributed by atoms with Gasteiger partial charge in [0.15, 0.2) is 0 Å². The topological polar surface area (TPSA) is 72.7 Å². The van der Waals surface area contributed by atoms with Crippen LogP contribution >= 0.6 is 11.8 Å². The molecule has 2 aromatic heterocycles. The van der Waals surface area contributed by atoms with Crippen molar-refractivity contribution in [1.29, 1.82) is 0 Å². The SMILES string of the molecule is CSc1nc(C(C)C)nc(C)c1C(=O)NCc1c(C)nn(Cc2ccccc2)c1C. The summed E-state index contributed by atoms with van der Waals surface area (Å²) >= 11 is 1.47. The number of rotatable bonds is 7.